The second-order valence-corrected chi connectivity index (χ2v) is 5.69. The monoisotopic (exact) mass is 339 g/mol. The van der Waals surface area contributed by atoms with Gasteiger partial charge in [-0.1, -0.05) is 0 Å². The van der Waals surface area contributed by atoms with Gasteiger partial charge in [0.05, 0.1) is 10.2 Å². The largest absolute Gasteiger partial charge is 0.475 e. The van der Waals surface area contributed by atoms with E-state index in [0.29, 0.717) is 21.5 Å². The number of carbonyl (C=O) groups is 1. The Kier molecular flexibility index (Phi) is 3.08. The molecule has 20 heavy (non-hydrogen) atoms. The molecule has 1 aromatic heterocycles. The molecule has 1 aliphatic carbocycles. The number of benzene rings is 1. The number of hydrogen-bond donors (Lipinski definition) is 1. The van der Waals surface area contributed by atoms with Crippen molar-refractivity contribution < 1.29 is 14.3 Å². The van der Waals surface area contributed by atoms with Gasteiger partial charge < -0.3 is 5.11 Å². The van der Waals surface area contributed by atoms with Crippen LogP contribution in [0.1, 0.15) is 40.8 Å². The van der Waals surface area contributed by atoms with E-state index in [-0.39, 0.29) is 17.6 Å². The summed E-state index contributed by atoms with van der Waals surface area (Å²) in [7, 11) is 0. The lowest BCUT2D eigenvalue weighted by molar-refractivity contribution is 0.0683. The molecule has 0 bridgehead atoms. The Morgan fingerprint density at radius 2 is 2.20 bits per heavy atom. The van der Waals surface area contributed by atoms with Crippen molar-refractivity contribution >= 4 is 21.9 Å². The minimum absolute atomic E-state index is 0.230. The summed E-state index contributed by atoms with van der Waals surface area (Å²) in [5.74, 6) is -0.892. The first-order valence-electron chi connectivity index (χ1n) is 6.13. The predicted octanol–water partition coefficient (Wildman–Crippen LogP) is 3.05. The van der Waals surface area contributed by atoms with Crippen molar-refractivity contribution in [2.75, 3.05) is 0 Å². The summed E-state index contributed by atoms with van der Waals surface area (Å²) >= 11 is 3.14. The van der Waals surface area contributed by atoms with Crippen LogP contribution >= 0.6 is 15.9 Å². The first kappa shape index (κ1) is 13.2. The van der Waals surface area contributed by atoms with Crippen molar-refractivity contribution in [1.29, 1.82) is 0 Å². The molecule has 1 heterocycles. The van der Waals surface area contributed by atoms with E-state index in [1.807, 2.05) is 0 Å². The Balaban J connectivity index is 2.18. The van der Waals surface area contributed by atoms with Crippen LogP contribution in [-0.2, 0) is 0 Å². The van der Waals surface area contributed by atoms with Gasteiger partial charge in [0.2, 0.25) is 0 Å². The van der Waals surface area contributed by atoms with Gasteiger partial charge >= 0.3 is 5.97 Å². The average Bonchev–Trinajstić information content (AvgIpc) is 3.13. The lowest BCUT2D eigenvalue weighted by Crippen LogP contribution is -2.05. The van der Waals surface area contributed by atoms with Crippen LogP contribution in [0.2, 0.25) is 0 Å². The Bertz CT molecular complexity index is 710. The third-order valence-corrected chi connectivity index (χ3v) is 3.84. The molecule has 2 aromatic rings. The zero-order valence-electron chi connectivity index (χ0n) is 10.6. The molecule has 7 heteroatoms. The van der Waals surface area contributed by atoms with E-state index in [4.69, 9.17) is 5.11 Å². The van der Waals surface area contributed by atoms with Crippen LogP contribution in [0.25, 0.3) is 5.69 Å². The molecule has 1 saturated carbocycles. The zero-order chi connectivity index (χ0) is 14.4. The van der Waals surface area contributed by atoms with Crippen LogP contribution < -0.4 is 0 Å². The van der Waals surface area contributed by atoms with E-state index in [9.17, 15) is 9.18 Å². The molecule has 5 nitrogen and oxygen atoms in total. The van der Waals surface area contributed by atoms with Gasteiger partial charge in [-0.25, -0.2) is 18.9 Å². The van der Waals surface area contributed by atoms with E-state index in [0.717, 1.165) is 12.8 Å². The van der Waals surface area contributed by atoms with Gasteiger partial charge in [-0.2, -0.15) is 0 Å². The summed E-state index contributed by atoms with van der Waals surface area (Å²) < 4.78 is 15.3. The van der Waals surface area contributed by atoms with Crippen LogP contribution in [-0.4, -0.2) is 25.8 Å². The molecule has 1 aromatic carbocycles. The molecular formula is C13H11BrFN3O2. The van der Waals surface area contributed by atoms with Crippen molar-refractivity contribution in [2.45, 2.75) is 25.7 Å². The lowest BCUT2D eigenvalue weighted by atomic mass is 10.2. The highest BCUT2D eigenvalue weighted by molar-refractivity contribution is 9.10. The van der Waals surface area contributed by atoms with Crippen LogP contribution in [0.3, 0.4) is 0 Å². The standard InChI is InChI=1S/C13H11BrFN3O2/c1-6-4-9(15)8(14)5-10(6)18-12(7-2-3-7)16-11(17-18)13(19)20/h4-5,7H,2-3H2,1H3,(H,19,20). The smallest absolute Gasteiger partial charge is 0.375 e. The number of aromatic nitrogens is 3. The molecular weight excluding hydrogens is 329 g/mol. The number of aryl methyl sites for hydroxylation is 1. The van der Waals surface area contributed by atoms with Gasteiger partial charge in [0, 0.05) is 5.92 Å². The first-order valence-corrected chi connectivity index (χ1v) is 6.93. The number of carboxylic acid groups (broad SMARTS) is 1. The third kappa shape index (κ3) is 2.22. The van der Waals surface area contributed by atoms with Crippen molar-refractivity contribution in [2.24, 2.45) is 0 Å². The van der Waals surface area contributed by atoms with Crippen molar-refractivity contribution in [3.05, 3.63) is 39.6 Å². The molecule has 1 fully saturated rings. The summed E-state index contributed by atoms with van der Waals surface area (Å²) in [5, 5.41) is 13.1. The molecule has 0 radical (unpaired) electrons. The van der Waals surface area contributed by atoms with Crippen LogP contribution in [0.15, 0.2) is 16.6 Å². The van der Waals surface area contributed by atoms with E-state index in [2.05, 4.69) is 26.0 Å². The summed E-state index contributed by atoms with van der Waals surface area (Å²) in [6, 6.07) is 2.98. The number of hydrogen-bond acceptors (Lipinski definition) is 3. The fourth-order valence-electron chi connectivity index (χ4n) is 2.06. The van der Waals surface area contributed by atoms with Gasteiger partial charge in [0.1, 0.15) is 11.6 Å². The van der Waals surface area contributed by atoms with E-state index in [1.165, 1.54) is 10.7 Å². The van der Waals surface area contributed by atoms with Gasteiger partial charge in [0.15, 0.2) is 0 Å². The molecule has 0 spiro atoms. The van der Waals surface area contributed by atoms with Crippen molar-refractivity contribution in [1.82, 2.24) is 14.8 Å². The number of carboxylic acids is 1. The number of nitrogens with zero attached hydrogens (tertiary/aromatic N) is 3. The molecule has 1 aliphatic rings. The Morgan fingerprint density at radius 1 is 1.50 bits per heavy atom. The van der Waals surface area contributed by atoms with E-state index in [1.54, 1.807) is 13.0 Å². The highest BCUT2D eigenvalue weighted by atomic mass is 79.9. The Hall–Kier alpha value is -1.76. The van der Waals surface area contributed by atoms with Gasteiger partial charge in [0.25, 0.3) is 5.82 Å². The second kappa shape index (κ2) is 4.66. The minimum Gasteiger partial charge on any atom is -0.475 e. The normalized spacial score (nSPS) is 14.6. The molecule has 0 unspecified atom stereocenters. The summed E-state index contributed by atoms with van der Waals surface area (Å²) in [6.45, 7) is 1.75. The SMILES string of the molecule is Cc1cc(F)c(Br)cc1-n1nc(C(=O)O)nc1C1CC1. The fraction of sp³-hybridized carbons (Fsp3) is 0.308. The van der Waals surface area contributed by atoms with Gasteiger partial charge in [-0.3, -0.25) is 0 Å². The molecule has 3 rings (SSSR count). The Morgan fingerprint density at radius 3 is 2.80 bits per heavy atom. The molecule has 0 amide bonds. The summed E-state index contributed by atoms with van der Waals surface area (Å²) in [6.07, 6.45) is 1.94. The first-order chi connectivity index (χ1) is 9.47. The van der Waals surface area contributed by atoms with Gasteiger partial charge in [-0.05, 0) is 53.4 Å². The average molecular weight is 340 g/mol. The number of aromatic carboxylic acids is 1. The minimum atomic E-state index is -1.16. The van der Waals surface area contributed by atoms with E-state index >= 15 is 0 Å². The van der Waals surface area contributed by atoms with Gasteiger partial charge in [-0.15, -0.1) is 5.10 Å². The maximum absolute atomic E-state index is 13.5. The number of rotatable bonds is 3. The van der Waals surface area contributed by atoms with Crippen LogP contribution in [0.4, 0.5) is 4.39 Å². The van der Waals surface area contributed by atoms with Crippen molar-refractivity contribution in [3.63, 3.8) is 0 Å². The van der Waals surface area contributed by atoms with Crippen LogP contribution in [0, 0.1) is 12.7 Å². The molecule has 104 valence electrons. The summed E-state index contributed by atoms with van der Waals surface area (Å²) in [5.41, 5.74) is 1.31. The van der Waals surface area contributed by atoms with Crippen molar-refractivity contribution in [3.8, 4) is 5.69 Å². The highest BCUT2D eigenvalue weighted by Crippen LogP contribution is 2.40. The Labute approximate surface area is 122 Å². The van der Waals surface area contributed by atoms with E-state index < -0.39 is 5.97 Å². The molecule has 0 aliphatic heterocycles. The third-order valence-electron chi connectivity index (χ3n) is 3.23. The predicted molar refractivity (Wildman–Crippen MR) is 72.7 cm³/mol. The maximum atomic E-state index is 13.5. The molecule has 1 N–H and O–H groups in total. The second-order valence-electron chi connectivity index (χ2n) is 4.84. The summed E-state index contributed by atoms with van der Waals surface area (Å²) in [4.78, 5) is 15.1. The quantitative estimate of drug-likeness (QED) is 0.933. The molecule has 0 saturated heterocycles. The zero-order valence-corrected chi connectivity index (χ0v) is 12.2. The fourth-order valence-corrected chi connectivity index (χ4v) is 2.39. The highest BCUT2D eigenvalue weighted by Gasteiger charge is 2.32. The lowest BCUT2D eigenvalue weighted by Gasteiger charge is -2.09. The topological polar surface area (TPSA) is 68.0 Å². The molecule has 0 atom stereocenters. The number of halogens is 2. The maximum Gasteiger partial charge on any atom is 0.375 e. The van der Waals surface area contributed by atoms with Crippen LogP contribution in [0.5, 0.6) is 0 Å².